The summed E-state index contributed by atoms with van der Waals surface area (Å²) in [5.74, 6) is 1.61. The summed E-state index contributed by atoms with van der Waals surface area (Å²) in [5.41, 5.74) is 0. The van der Waals surface area contributed by atoms with Gasteiger partial charge in [-0.1, -0.05) is 0 Å². The van der Waals surface area contributed by atoms with Gasteiger partial charge < -0.3 is 15.4 Å². The second-order valence-corrected chi connectivity index (χ2v) is 5.52. The van der Waals surface area contributed by atoms with E-state index in [4.69, 9.17) is 4.74 Å². The molecule has 1 aliphatic carbocycles. The minimum absolute atomic E-state index is 0. The summed E-state index contributed by atoms with van der Waals surface area (Å²) >= 11 is 0. The van der Waals surface area contributed by atoms with Gasteiger partial charge in [-0.25, -0.2) is 9.98 Å². The van der Waals surface area contributed by atoms with Gasteiger partial charge in [0, 0.05) is 38.7 Å². The Hall–Kier alpha value is -0.970. The quantitative estimate of drug-likeness (QED) is 0.246. The van der Waals surface area contributed by atoms with Gasteiger partial charge in [0.15, 0.2) is 5.96 Å². The van der Waals surface area contributed by atoms with Crippen LogP contribution >= 0.6 is 24.0 Å². The monoisotopic (exact) mass is 457 g/mol. The number of nitrogens with one attached hydrogen (secondary N) is 2. The highest BCUT2D eigenvalue weighted by Crippen LogP contribution is 2.28. The molecule has 1 aromatic rings. The topological polar surface area (TPSA) is 63.5 Å². The largest absolute Gasteiger partial charge is 0.381 e. The highest BCUT2D eigenvalue weighted by molar-refractivity contribution is 14.0. The van der Waals surface area contributed by atoms with Crippen molar-refractivity contribution in [1.82, 2.24) is 20.2 Å². The Labute approximate surface area is 158 Å². The Morgan fingerprint density at radius 3 is 2.92 bits per heavy atom. The van der Waals surface area contributed by atoms with Crippen LogP contribution in [0.2, 0.25) is 0 Å². The van der Waals surface area contributed by atoms with E-state index in [0.717, 1.165) is 36.7 Å². The minimum atomic E-state index is -2.60. The number of aromatic nitrogens is 2. The number of alkyl halides is 2. The molecule has 24 heavy (non-hydrogen) atoms. The van der Waals surface area contributed by atoms with Crippen molar-refractivity contribution < 1.29 is 13.5 Å². The normalized spacial score (nSPS) is 14.6. The summed E-state index contributed by atoms with van der Waals surface area (Å²) in [6.07, 6.45) is 6.08. The number of hydrogen-bond donors (Lipinski definition) is 2. The van der Waals surface area contributed by atoms with Gasteiger partial charge in [0.25, 0.3) is 0 Å². The van der Waals surface area contributed by atoms with Crippen molar-refractivity contribution in [2.45, 2.75) is 39.3 Å². The van der Waals surface area contributed by atoms with E-state index in [1.54, 1.807) is 0 Å². The predicted molar refractivity (Wildman–Crippen MR) is 99.9 cm³/mol. The second kappa shape index (κ2) is 11.6. The Balaban J connectivity index is 0.00000288. The Bertz CT molecular complexity index is 494. The summed E-state index contributed by atoms with van der Waals surface area (Å²) in [4.78, 5) is 8.20. The molecule has 0 amide bonds. The Morgan fingerprint density at radius 1 is 1.46 bits per heavy atom. The number of ether oxygens (including phenoxy) is 1. The summed E-state index contributed by atoms with van der Waals surface area (Å²) in [7, 11) is 0. The molecular weight excluding hydrogens is 431 g/mol. The summed E-state index contributed by atoms with van der Waals surface area (Å²) in [6, 6.07) is 0. The number of nitrogens with zero attached hydrogens (tertiary/aromatic N) is 3. The Kier molecular flexibility index (Phi) is 10.2. The third-order valence-electron chi connectivity index (χ3n) is 3.49. The molecule has 0 radical (unpaired) electrons. The summed E-state index contributed by atoms with van der Waals surface area (Å²) in [5, 5.41) is 6.26. The molecule has 1 saturated carbocycles. The van der Waals surface area contributed by atoms with E-state index in [1.165, 1.54) is 25.2 Å². The van der Waals surface area contributed by atoms with Crippen molar-refractivity contribution >= 4 is 29.9 Å². The van der Waals surface area contributed by atoms with Crippen LogP contribution in [-0.4, -0.2) is 41.8 Å². The zero-order chi connectivity index (χ0) is 16.5. The molecule has 2 N–H and O–H groups in total. The Morgan fingerprint density at radius 2 is 2.25 bits per heavy atom. The van der Waals surface area contributed by atoms with E-state index >= 15 is 0 Å². The van der Waals surface area contributed by atoms with E-state index in [2.05, 4.69) is 20.6 Å². The molecule has 0 bridgehead atoms. The third-order valence-corrected chi connectivity index (χ3v) is 3.49. The van der Waals surface area contributed by atoms with E-state index in [-0.39, 0.29) is 36.3 Å². The minimum Gasteiger partial charge on any atom is -0.381 e. The van der Waals surface area contributed by atoms with Crippen LogP contribution in [0.3, 0.4) is 0 Å². The van der Waals surface area contributed by atoms with Crippen molar-refractivity contribution in [3.63, 3.8) is 0 Å². The average molecular weight is 457 g/mol. The summed E-state index contributed by atoms with van der Waals surface area (Å²) < 4.78 is 31.9. The highest BCUT2D eigenvalue weighted by Gasteiger charge is 2.20. The van der Waals surface area contributed by atoms with Crippen LogP contribution in [0.4, 0.5) is 8.78 Å². The fraction of sp³-hybridized carbons (Fsp3) is 0.733. The van der Waals surface area contributed by atoms with Crippen LogP contribution in [0, 0.1) is 5.92 Å². The molecule has 1 fully saturated rings. The predicted octanol–water partition coefficient (Wildman–Crippen LogP) is 2.77. The molecule has 2 rings (SSSR count). The number of guanidine groups is 1. The number of imidazole rings is 1. The van der Waals surface area contributed by atoms with Gasteiger partial charge in [0.1, 0.15) is 12.4 Å². The fourth-order valence-corrected chi connectivity index (χ4v) is 2.05. The van der Waals surface area contributed by atoms with Crippen LogP contribution in [0.5, 0.6) is 0 Å². The zero-order valence-electron chi connectivity index (χ0n) is 13.9. The molecule has 1 aliphatic rings. The van der Waals surface area contributed by atoms with Crippen LogP contribution < -0.4 is 10.6 Å². The standard InChI is InChI=1S/C15H25F2N5O.HI/c1-2-18-15(20-6-3-9-23-11-12-4-5-12)21-10-13-19-7-8-22(13)14(16)17;/h7-8,12,14H,2-6,9-11H2,1H3,(H2,18,20,21);1H. The second-order valence-electron chi connectivity index (χ2n) is 5.52. The SMILES string of the molecule is CCNC(=NCc1nccn1C(F)F)NCCCOCC1CC1.I. The van der Waals surface area contributed by atoms with Crippen molar-refractivity contribution in [3.8, 4) is 0 Å². The van der Waals surface area contributed by atoms with E-state index in [0.29, 0.717) is 12.5 Å². The first-order valence-corrected chi connectivity index (χ1v) is 8.10. The number of halogens is 3. The number of hydrogen-bond acceptors (Lipinski definition) is 3. The first kappa shape index (κ1) is 21.1. The van der Waals surface area contributed by atoms with Gasteiger partial charge in [-0.3, -0.25) is 4.57 Å². The number of rotatable bonds is 10. The molecule has 0 atom stereocenters. The van der Waals surface area contributed by atoms with Crippen LogP contribution in [0.1, 0.15) is 38.6 Å². The van der Waals surface area contributed by atoms with Crippen molar-refractivity contribution in [2.24, 2.45) is 10.9 Å². The molecule has 6 nitrogen and oxygen atoms in total. The molecule has 9 heteroatoms. The van der Waals surface area contributed by atoms with Gasteiger partial charge in [0.05, 0.1) is 0 Å². The summed E-state index contributed by atoms with van der Waals surface area (Å²) in [6.45, 7) is 2.47. The molecule has 0 saturated heterocycles. The van der Waals surface area contributed by atoms with Crippen LogP contribution in [0.25, 0.3) is 0 Å². The zero-order valence-corrected chi connectivity index (χ0v) is 16.2. The first-order chi connectivity index (χ1) is 11.2. The van der Waals surface area contributed by atoms with Crippen LogP contribution in [-0.2, 0) is 11.3 Å². The van der Waals surface area contributed by atoms with Crippen molar-refractivity contribution in [1.29, 1.82) is 0 Å². The van der Waals surface area contributed by atoms with Gasteiger partial charge >= 0.3 is 6.55 Å². The van der Waals surface area contributed by atoms with E-state index < -0.39 is 6.55 Å². The fourth-order valence-electron chi connectivity index (χ4n) is 2.05. The van der Waals surface area contributed by atoms with E-state index in [9.17, 15) is 8.78 Å². The smallest absolute Gasteiger partial charge is 0.319 e. The molecule has 0 unspecified atom stereocenters. The molecule has 0 aromatic carbocycles. The van der Waals surface area contributed by atoms with Crippen LogP contribution in [0.15, 0.2) is 17.4 Å². The molecule has 1 aromatic heterocycles. The van der Waals surface area contributed by atoms with Gasteiger partial charge in [0.2, 0.25) is 0 Å². The van der Waals surface area contributed by atoms with Crippen molar-refractivity contribution in [2.75, 3.05) is 26.3 Å². The van der Waals surface area contributed by atoms with E-state index in [1.807, 2.05) is 6.92 Å². The lowest BCUT2D eigenvalue weighted by Gasteiger charge is -2.11. The lowest BCUT2D eigenvalue weighted by molar-refractivity contribution is 0.0671. The molecule has 138 valence electrons. The van der Waals surface area contributed by atoms with Gasteiger partial charge in [-0.15, -0.1) is 24.0 Å². The average Bonchev–Trinajstić information content (AvgIpc) is 3.22. The van der Waals surface area contributed by atoms with Crippen molar-refractivity contribution in [3.05, 3.63) is 18.2 Å². The molecule has 0 spiro atoms. The number of aliphatic imine (C=N–C) groups is 1. The molecule has 1 heterocycles. The molecule has 0 aliphatic heterocycles. The highest BCUT2D eigenvalue weighted by atomic mass is 127. The van der Waals surface area contributed by atoms with Gasteiger partial charge in [-0.2, -0.15) is 8.78 Å². The maximum absolute atomic E-state index is 12.7. The third kappa shape index (κ3) is 7.73. The maximum Gasteiger partial charge on any atom is 0.319 e. The van der Waals surface area contributed by atoms with Gasteiger partial charge in [-0.05, 0) is 32.1 Å². The molecular formula is C15H26F2IN5O. The first-order valence-electron chi connectivity index (χ1n) is 8.10. The maximum atomic E-state index is 12.7. The lowest BCUT2D eigenvalue weighted by Crippen LogP contribution is -2.38. The lowest BCUT2D eigenvalue weighted by atomic mass is 10.4.